The molecular weight excluding hydrogens is 308 g/mol. The van der Waals surface area contributed by atoms with E-state index in [0.29, 0.717) is 0 Å². The number of hydrogen-bond acceptors (Lipinski definition) is 6. The van der Waals surface area contributed by atoms with E-state index in [1.54, 1.807) is 18.2 Å². The number of rotatable bonds is 4. The van der Waals surface area contributed by atoms with Crippen molar-refractivity contribution in [3.8, 4) is 5.69 Å². The third kappa shape index (κ3) is 2.80. The lowest BCUT2D eigenvalue weighted by atomic mass is 10.2. The summed E-state index contributed by atoms with van der Waals surface area (Å²) in [5.74, 6) is -0.770. The molecule has 0 aliphatic rings. The molecule has 24 heavy (non-hydrogen) atoms. The van der Waals surface area contributed by atoms with Crippen LogP contribution in [0.4, 0.5) is 23.0 Å². The minimum atomic E-state index is -1.09. The van der Waals surface area contributed by atoms with Gasteiger partial charge in [0, 0.05) is 0 Å². The van der Waals surface area contributed by atoms with Gasteiger partial charge in [0.1, 0.15) is 5.69 Å². The van der Waals surface area contributed by atoms with E-state index in [0.717, 1.165) is 5.69 Å². The van der Waals surface area contributed by atoms with Crippen LogP contribution in [0.25, 0.3) is 5.69 Å². The molecule has 2 aromatic carbocycles. The molecule has 3 rings (SSSR count). The molecule has 0 fully saturated rings. The predicted molar refractivity (Wildman–Crippen MR) is 90.0 cm³/mol. The number of carboxylic acids is 1. The highest BCUT2D eigenvalue weighted by Crippen LogP contribution is 2.33. The minimum Gasteiger partial charge on any atom is -0.478 e. The molecule has 0 spiro atoms. The number of azo groups is 1. The zero-order valence-corrected chi connectivity index (χ0v) is 12.5. The second-order valence-electron chi connectivity index (χ2n) is 4.89. The molecule has 0 radical (unpaired) electrons. The minimum absolute atomic E-state index is 0.0360. The van der Waals surface area contributed by atoms with Crippen molar-refractivity contribution in [1.82, 2.24) is 9.78 Å². The molecule has 0 bridgehead atoms. The van der Waals surface area contributed by atoms with Crippen LogP contribution < -0.4 is 11.5 Å². The van der Waals surface area contributed by atoms with Crippen LogP contribution in [-0.4, -0.2) is 20.9 Å². The fourth-order valence-corrected chi connectivity index (χ4v) is 2.15. The number of carboxylic acid groups (broad SMARTS) is 1. The molecule has 120 valence electrons. The van der Waals surface area contributed by atoms with Gasteiger partial charge in [0.15, 0.2) is 17.3 Å². The Morgan fingerprint density at radius 3 is 2.38 bits per heavy atom. The van der Waals surface area contributed by atoms with Crippen LogP contribution in [-0.2, 0) is 0 Å². The zero-order valence-electron chi connectivity index (χ0n) is 12.5. The molecule has 0 atom stereocenters. The van der Waals surface area contributed by atoms with E-state index in [-0.39, 0.29) is 28.6 Å². The van der Waals surface area contributed by atoms with Gasteiger partial charge in [0.05, 0.1) is 11.3 Å². The zero-order chi connectivity index (χ0) is 17.1. The average molecular weight is 322 g/mol. The van der Waals surface area contributed by atoms with E-state index in [2.05, 4.69) is 15.3 Å². The third-order valence-electron chi connectivity index (χ3n) is 3.31. The summed E-state index contributed by atoms with van der Waals surface area (Å²) < 4.78 is 1.45. The van der Waals surface area contributed by atoms with E-state index >= 15 is 0 Å². The lowest BCUT2D eigenvalue weighted by molar-refractivity contribution is 0.0698. The van der Waals surface area contributed by atoms with Gasteiger partial charge in [-0.15, -0.1) is 15.3 Å². The van der Waals surface area contributed by atoms with E-state index in [1.807, 2.05) is 30.3 Å². The number of nitrogens with zero attached hydrogens (tertiary/aromatic N) is 4. The normalized spacial score (nSPS) is 11.0. The lowest BCUT2D eigenvalue weighted by Crippen LogP contribution is -2.01. The van der Waals surface area contributed by atoms with Crippen molar-refractivity contribution >= 4 is 29.0 Å². The fraction of sp³-hybridized carbons (Fsp3) is 0. The second-order valence-corrected chi connectivity index (χ2v) is 4.89. The maximum absolute atomic E-state index is 11.2. The van der Waals surface area contributed by atoms with Crippen LogP contribution in [0.2, 0.25) is 0 Å². The summed E-state index contributed by atoms with van der Waals surface area (Å²) in [6.45, 7) is 0. The highest BCUT2D eigenvalue weighted by Gasteiger charge is 2.15. The Morgan fingerprint density at radius 2 is 1.67 bits per heavy atom. The van der Waals surface area contributed by atoms with Gasteiger partial charge in [-0.25, -0.2) is 9.48 Å². The number of hydrogen-bond donors (Lipinski definition) is 3. The highest BCUT2D eigenvalue weighted by atomic mass is 16.4. The van der Waals surface area contributed by atoms with Crippen molar-refractivity contribution in [3.63, 3.8) is 0 Å². The van der Waals surface area contributed by atoms with Crippen molar-refractivity contribution in [1.29, 1.82) is 0 Å². The summed E-state index contributed by atoms with van der Waals surface area (Å²) in [6, 6.07) is 15.5. The van der Waals surface area contributed by atoms with Gasteiger partial charge in [-0.05, 0) is 24.3 Å². The average Bonchev–Trinajstić information content (AvgIpc) is 2.88. The Balaban J connectivity index is 2.00. The molecule has 0 unspecified atom stereocenters. The van der Waals surface area contributed by atoms with Gasteiger partial charge in [0.2, 0.25) is 0 Å². The number of para-hydroxylation sites is 1. The van der Waals surface area contributed by atoms with Crippen LogP contribution in [0.3, 0.4) is 0 Å². The molecule has 1 aromatic heterocycles. The number of nitrogens with two attached hydrogens (primary N) is 2. The molecule has 0 aliphatic carbocycles. The van der Waals surface area contributed by atoms with Crippen molar-refractivity contribution in [3.05, 3.63) is 60.2 Å². The van der Waals surface area contributed by atoms with Crippen LogP contribution in [0.15, 0.2) is 64.8 Å². The summed E-state index contributed by atoms with van der Waals surface area (Å²) in [5, 5.41) is 21.3. The molecule has 8 nitrogen and oxygen atoms in total. The SMILES string of the molecule is Nc1nn(-c2ccccc2)c(N)c1N=Nc1ccccc1C(=O)O. The van der Waals surface area contributed by atoms with E-state index in [1.165, 1.54) is 10.7 Å². The first-order valence-corrected chi connectivity index (χ1v) is 7.01. The summed E-state index contributed by atoms with van der Waals surface area (Å²) in [7, 11) is 0. The summed E-state index contributed by atoms with van der Waals surface area (Å²) in [5.41, 5.74) is 13.1. The van der Waals surface area contributed by atoms with E-state index in [4.69, 9.17) is 16.6 Å². The molecule has 5 N–H and O–H groups in total. The molecular formula is C16H14N6O2. The van der Waals surface area contributed by atoms with Crippen LogP contribution >= 0.6 is 0 Å². The number of carbonyl (C=O) groups is 1. The van der Waals surface area contributed by atoms with E-state index < -0.39 is 5.97 Å². The number of aromatic nitrogens is 2. The topological polar surface area (TPSA) is 132 Å². The van der Waals surface area contributed by atoms with Gasteiger partial charge < -0.3 is 16.6 Å². The molecule has 8 heteroatoms. The second kappa shape index (κ2) is 6.21. The third-order valence-corrected chi connectivity index (χ3v) is 3.31. The van der Waals surface area contributed by atoms with Crippen LogP contribution in [0.5, 0.6) is 0 Å². The van der Waals surface area contributed by atoms with Crippen molar-refractivity contribution in [2.75, 3.05) is 11.5 Å². The van der Waals surface area contributed by atoms with Crippen LogP contribution in [0, 0.1) is 0 Å². The number of aromatic carboxylic acids is 1. The summed E-state index contributed by atoms with van der Waals surface area (Å²) in [4.78, 5) is 11.2. The Hall–Kier alpha value is -3.68. The first kappa shape index (κ1) is 15.2. The van der Waals surface area contributed by atoms with Crippen molar-refractivity contribution in [2.45, 2.75) is 0 Å². The summed E-state index contributed by atoms with van der Waals surface area (Å²) in [6.07, 6.45) is 0. The molecule has 1 heterocycles. The molecule has 3 aromatic rings. The molecule has 0 aliphatic heterocycles. The molecule has 0 saturated heterocycles. The highest BCUT2D eigenvalue weighted by molar-refractivity contribution is 5.93. The Kier molecular flexibility index (Phi) is 3.94. The maximum atomic E-state index is 11.2. The largest absolute Gasteiger partial charge is 0.478 e. The number of anilines is 2. The molecule has 0 amide bonds. The number of benzene rings is 2. The van der Waals surface area contributed by atoms with Gasteiger partial charge in [-0.1, -0.05) is 30.3 Å². The molecule has 0 saturated carbocycles. The monoisotopic (exact) mass is 322 g/mol. The smallest absolute Gasteiger partial charge is 0.337 e. The Bertz CT molecular complexity index is 918. The summed E-state index contributed by atoms with van der Waals surface area (Å²) >= 11 is 0. The quantitative estimate of drug-likeness (QED) is 0.635. The maximum Gasteiger partial charge on any atom is 0.337 e. The predicted octanol–water partition coefficient (Wildman–Crippen LogP) is 3.15. The van der Waals surface area contributed by atoms with Gasteiger partial charge in [0.25, 0.3) is 0 Å². The van der Waals surface area contributed by atoms with Crippen molar-refractivity contribution < 1.29 is 9.90 Å². The first-order chi connectivity index (χ1) is 11.6. The number of nitrogen functional groups attached to an aromatic ring is 2. The Morgan fingerprint density at radius 1 is 1.00 bits per heavy atom. The van der Waals surface area contributed by atoms with E-state index in [9.17, 15) is 4.79 Å². The van der Waals surface area contributed by atoms with Crippen molar-refractivity contribution in [2.24, 2.45) is 10.2 Å². The standard InChI is InChI=1S/C16H14N6O2/c17-14-13(15(18)22(21-14)10-6-2-1-3-7-10)20-19-12-9-5-4-8-11(12)16(23)24/h1-9H,18H2,(H2,17,21)(H,23,24). The fourth-order valence-electron chi connectivity index (χ4n) is 2.15. The Labute approximate surface area is 137 Å². The van der Waals surface area contributed by atoms with Gasteiger partial charge in [-0.3, -0.25) is 0 Å². The van der Waals surface area contributed by atoms with Crippen LogP contribution in [0.1, 0.15) is 10.4 Å². The van der Waals surface area contributed by atoms with Gasteiger partial charge >= 0.3 is 5.97 Å². The van der Waals surface area contributed by atoms with Gasteiger partial charge in [-0.2, -0.15) is 0 Å². The first-order valence-electron chi connectivity index (χ1n) is 7.01. The lowest BCUT2D eigenvalue weighted by Gasteiger charge is -2.02.